The van der Waals surface area contributed by atoms with Gasteiger partial charge in [-0.05, 0) is 42.5 Å². The number of rotatable bonds is 4. The van der Waals surface area contributed by atoms with Crippen LogP contribution in [0.25, 0.3) is 16.9 Å². The van der Waals surface area contributed by atoms with E-state index in [9.17, 15) is 9.50 Å². The van der Waals surface area contributed by atoms with Crippen molar-refractivity contribution in [1.29, 1.82) is 0 Å². The van der Waals surface area contributed by atoms with Crippen molar-refractivity contribution in [3.63, 3.8) is 0 Å². The van der Waals surface area contributed by atoms with Crippen molar-refractivity contribution in [1.82, 2.24) is 15.0 Å². The Kier molecular flexibility index (Phi) is 3.84. The first-order valence-electron chi connectivity index (χ1n) is 6.68. The molecule has 0 radical (unpaired) electrons. The summed E-state index contributed by atoms with van der Waals surface area (Å²) in [5.74, 6) is 0.360. The summed E-state index contributed by atoms with van der Waals surface area (Å²) in [6.45, 7) is -0.253. The highest BCUT2D eigenvalue weighted by atomic mass is 19.1. The monoisotopic (exact) mass is 299 g/mol. The first-order chi connectivity index (χ1) is 10.7. The van der Waals surface area contributed by atoms with E-state index in [1.165, 1.54) is 16.8 Å². The maximum atomic E-state index is 13.4. The number of ether oxygens (including phenoxy) is 1. The smallest absolute Gasteiger partial charge is 0.125 e. The molecule has 0 amide bonds. The van der Waals surface area contributed by atoms with Crippen LogP contribution >= 0.6 is 0 Å². The molecule has 2 aromatic carbocycles. The molecular weight excluding hydrogens is 285 g/mol. The van der Waals surface area contributed by atoms with Crippen molar-refractivity contribution in [2.45, 2.75) is 6.61 Å². The van der Waals surface area contributed by atoms with Gasteiger partial charge in [-0.1, -0.05) is 11.3 Å². The maximum absolute atomic E-state index is 13.4. The highest BCUT2D eigenvalue weighted by Gasteiger charge is 2.16. The number of nitrogens with zero attached hydrogens (tertiary/aromatic N) is 3. The third kappa shape index (κ3) is 2.56. The first-order valence-corrected chi connectivity index (χ1v) is 6.68. The molecule has 0 bridgehead atoms. The van der Waals surface area contributed by atoms with Gasteiger partial charge in [0.15, 0.2) is 0 Å². The maximum Gasteiger partial charge on any atom is 0.125 e. The Morgan fingerprint density at radius 1 is 1.18 bits per heavy atom. The van der Waals surface area contributed by atoms with E-state index in [0.29, 0.717) is 17.1 Å². The Labute approximate surface area is 126 Å². The van der Waals surface area contributed by atoms with E-state index in [2.05, 4.69) is 10.3 Å². The minimum Gasteiger partial charge on any atom is -0.497 e. The van der Waals surface area contributed by atoms with Crippen LogP contribution in [0.15, 0.2) is 48.5 Å². The van der Waals surface area contributed by atoms with E-state index in [-0.39, 0.29) is 12.4 Å². The average molecular weight is 299 g/mol. The molecule has 0 aliphatic rings. The molecule has 0 spiro atoms. The second-order valence-corrected chi connectivity index (χ2v) is 4.66. The largest absolute Gasteiger partial charge is 0.497 e. The average Bonchev–Trinajstić information content (AvgIpc) is 2.99. The number of hydrogen-bond acceptors (Lipinski definition) is 4. The van der Waals surface area contributed by atoms with Crippen LogP contribution in [0.4, 0.5) is 4.39 Å². The van der Waals surface area contributed by atoms with E-state index in [1.807, 2.05) is 12.1 Å². The molecule has 1 N–H and O–H groups in total. The molecule has 1 heterocycles. The number of halogens is 1. The van der Waals surface area contributed by atoms with Crippen molar-refractivity contribution in [3.8, 4) is 22.7 Å². The highest BCUT2D eigenvalue weighted by molar-refractivity contribution is 5.65. The molecule has 0 aliphatic carbocycles. The fraction of sp³-hybridized carbons (Fsp3) is 0.125. The summed E-state index contributed by atoms with van der Waals surface area (Å²) in [5.41, 5.74) is 2.39. The Morgan fingerprint density at radius 2 is 1.95 bits per heavy atom. The lowest BCUT2D eigenvalue weighted by Gasteiger charge is -2.08. The molecule has 0 saturated carbocycles. The van der Waals surface area contributed by atoms with Gasteiger partial charge >= 0.3 is 0 Å². The molecule has 1 aromatic heterocycles. The van der Waals surface area contributed by atoms with Gasteiger partial charge in [0.25, 0.3) is 0 Å². The standard InChI is InChI=1S/C16H14FN3O2/c1-22-14-7-5-11(6-8-14)16-15(10-21)18-19-20(16)13-4-2-3-12(17)9-13/h2-9,21H,10H2,1H3. The molecule has 0 fully saturated rings. The van der Waals surface area contributed by atoms with Crippen LogP contribution in [-0.4, -0.2) is 27.2 Å². The van der Waals surface area contributed by atoms with Crippen LogP contribution in [0, 0.1) is 5.82 Å². The number of methoxy groups -OCH3 is 1. The zero-order valence-electron chi connectivity index (χ0n) is 11.9. The number of aliphatic hydroxyl groups is 1. The first kappa shape index (κ1) is 14.2. The molecule has 0 aliphatic heterocycles. The summed E-state index contributed by atoms with van der Waals surface area (Å²) < 4.78 is 20.1. The van der Waals surface area contributed by atoms with E-state index in [1.54, 1.807) is 31.4 Å². The van der Waals surface area contributed by atoms with Gasteiger partial charge in [0.1, 0.15) is 23.0 Å². The molecule has 5 nitrogen and oxygen atoms in total. The quantitative estimate of drug-likeness (QED) is 0.804. The van der Waals surface area contributed by atoms with Gasteiger partial charge < -0.3 is 9.84 Å². The second-order valence-electron chi connectivity index (χ2n) is 4.66. The molecule has 0 atom stereocenters. The minimum absolute atomic E-state index is 0.253. The molecule has 0 unspecified atom stereocenters. The van der Waals surface area contributed by atoms with E-state index < -0.39 is 0 Å². The fourth-order valence-electron chi connectivity index (χ4n) is 2.25. The van der Waals surface area contributed by atoms with E-state index >= 15 is 0 Å². The third-order valence-corrected chi connectivity index (χ3v) is 3.31. The number of aromatic nitrogens is 3. The van der Waals surface area contributed by atoms with Gasteiger partial charge in [-0.25, -0.2) is 9.07 Å². The van der Waals surface area contributed by atoms with Gasteiger partial charge in [0.2, 0.25) is 0 Å². The van der Waals surface area contributed by atoms with Crippen molar-refractivity contribution in [3.05, 3.63) is 60.0 Å². The summed E-state index contributed by atoms with van der Waals surface area (Å²) in [5, 5.41) is 17.5. The minimum atomic E-state index is -0.362. The van der Waals surface area contributed by atoms with Crippen LogP contribution in [0.1, 0.15) is 5.69 Å². The Balaban J connectivity index is 2.14. The van der Waals surface area contributed by atoms with Gasteiger partial charge in [0.05, 0.1) is 19.4 Å². The lowest BCUT2D eigenvalue weighted by atomic mass is 10.1. The van der Waals surface area contributed by atoms with E-state index in [4.69, 9.17) is 4.74 Å². The summed E-state index contributed by atoms with van der Waals surface area (Å²) in [7, 11) is 1.59. The number of hydrogen-bond donors (Lipinski definition) is 1. The second kappa shape index (κ2) is 5.95. The molecule has 112 valence electrons. The highest BCUT2D eigenvalue weighted by Crippen LogP contribution is 2.27. The summed E-state index contributed by atoms with van der Waals surface area (Å²) in [6.07, 6.45) is 0. The van der Waals surface area contributed by atoms with Crippen molar-refractivity contribution in [2.75, 3.05) is 7.11 Å². The Bertz CT molecular complexity index is 784. The normalized spacial score (nSPS) is 10.7. The lowest BCUT2D eigenvalue weighted by Crippen LogP contribution is -2.00. The van der Waals surface area contributed by atoms with Crippen LogP contribution in [0.5, 0.6) is 5.75 Å². The van der Waals surface area contributed by atoms with Crippen molar-refractivity contribution >= 4 is 0 Å². The summed E-state index contributed by atoms with van der Waals surface area (Å²) >= 11 is 0. The molecule has 3 rings (SSSR count). The molecule has 3 aromatic rings. The SMILES string of the molecule is COc1ccc(-c2c(CO)nnn2-c2cccc(F)c2)cc1. The van der Waals surface area contributed by atoms with Gasteiger partial charge in [-0.15, -0.1) is 5.10 Å². The third-order valence-electron chi connectivity index (χ3n) is 3.31. The number of benzene rings is 2. The van der Waals surface area contributed by atoms with Crippen LogP contribution in [0.2, 0.25) is 0 Å². The van der Waals surface area contributed by atoms with Crippen LogP contribution in [-0.2, 0) is 6.61 Å². The predicted octanol–water partition coefficient (Wildman–Crippen LogP) is 2.57. The zero-order valence-corrected chi connectivity index (χ0v) is 11.9. The number of aliphatic hydroxyl groups excluding tert-OH is 1. The van der Waals surface area contributed by atoms with Crippen LogP contribution in [0.3, 0.4) is 0 Å². The summed E-state index contributed by atoms with van der Waals surface area (Å²) in [6, 6.07) is 13.3. The Hall–Kier alpha value is -2.73. The fourth-order valence-corrected chi connectivity index (χ4v) is 2.25. The van der Waals surface area contributed by atoms with Crippen molar-refractivity contribution < 1.29 is 14.2 Å². The molecule has 0 saturated heterocycles. The van der Waals surface area contributed by atoms with Gasteiger partial charge in [-0.2, -0.15) is 0 Å². The molecule has 22 heavy (non-hydrogen) atoms. The topological polar surface area (TPSA) is 60.2 Å². The molecular formula is C16H14FN3O2. The summed E-state index contributed by atoms with van der Waals surface area (Å²) in [4.78, 5) is 0. The Morgan fingerprint density at radius 3 is 2.59 bits per heavy atom. The van der Waals surface area contributed by atoms with Gasteiger partial charge in [-0.3, -0.25) is 0 Å². The van der Waals surface area contributed by atoms with Crippen LogP contribution < -0.4 is 4.74 Å². The lowest BCUT2D eigenvalue weighted by molar-refractivity contribution is 0.277. The molecule has 6 heteroatoms. The van der Waals surface area contributed by atoms with Gasteiger partial charge in [0, 0.05) is 5.56 Å². The van der Waals surface area contributed by atoms with E-state index in [0.717, 1.165) is 11.3 Å². The zero-order chi connectivity index (χ0) is 15.5. The van der Waals surface area contributed by atoms with Crippen molar-refractivity contribution in [2.24, 2.45) is 0 Å². The predicted molar refractivity (Wildman–Crippen MR) is 79.2 cm³/mol.